The Kier molecular flexibility index (Phi) is 4.50. The molecule has 1 N–H and O–H groups in total. The van der Waals surface area contributed by atoms with E-state index in [1.165, 1.54) is 23.5 Å². The van der Waals surface area contributed by atoms with Gasteiger partial charge in [-0.25, -0.2) is 13.2 Å². The highest BCUT2D eigenvalue weighted by molar-refractivity contribution is 7.89. The lowest BCUT2D eigenvalue weighted by molar-refractivity contribution is 0.0102. The number of carboxylic acids is 1. The summed E-state index contributed by atoms with van der Waals surface area (Å²) >= 11 is 0. The van der Waals surface area contributed by atoms with Crippen LogP contribution in [0.5, 0.6) is 5.75 Å². The number of carboxylic acid groups (broad SMARTS) is 1. The first-order valence-electron chi connectivity index (χ1n) is 6.39. The Balaban J connectivity index is 2.40. The largest absolute Gasteiger partial charge is 0.496 e. The summed E-state index contributed by atoms with van der Waals surface area (Å²) in [4.78, 5) is 11.1. The molecule has 1 heterocycles. The highest BCUT2D eigenvalue weighted by Crippen LogP contribution is 2.25. The van der Waals surface area contributed by atoms with Crippen LogP contribution in [0.4, 0.5) is 0 Å². The van der Waals surface area contributed by atoms with Crippen molar-refractivity contribution < 1.29 is 27.8 Å². The van der Waals surface area contributed by atoms with E-state index in [0.29, 0.717) is 6.61 Å². The van der Waals surface area contributed by atoms with Crippen molar-refractivity contribution in [3.63, 3.8) is 0 Å². The molecule has 1 aliphatic rings. The quantitative estimate of drug-likeness (QED) is 0.883. The van der Waals surface area contributed by atoms with E-state index in [0.717, 1.165) is 6.07 Å². The molecule has 0 bridgehead atoms. The summed E-state index contributed by atoms with van der Waals surface area (Å²) in [5.41, 5.74) is -0.181. The fraction of sp³-hybridized carbons (Fsp3) is 0.462. The average molecular weight is 315 g/mol. The first-order chi connectivity index (χ1) is 9.86. The summed E-state index contributed by atoms with van der Waals surface area (Å²) in [5.74, 6) is -1.11. The Morgan fingerprint density at radius 2 is 2.19 bits per heavy atom. The zero-order valence-corrected chi connectivity index (χ0v) is 12.6. The van der Waals surface area contributed by atoms with Gasteiger partial charge in [0.1, 0.15) is 11.3 Å². The molecular formula is C13H17NO6S. The molecule has 0 amide bonds. The van der Waals surface area contributed by atoms with Gasteiger partial charge >= 0.3 is 5.97 Å². The first-order valence-corrected chi connectivity index (χ1v) is 7.83. The normalized spacial score (nSPS) is 20.2. The molecule has 0 aromatic heterocycles. The summed E-state index contributed by atoms with van der Waals surface area (Å²) in [6, 6.07) is 3.82. The lowest BCUT2D eigenvalue weighted by atomic mass is 10.2. The van der Waals surface area contributed by atoms with Crippen LogP contribution in [0.1, 0.15) is 17.3 Å². The van der Waals surface area contributed by atoms with Crippen LogP contribution in [0.3, 0.4) is 0 Å². The van der Waals surface area contributed by atoms with Crippen molar-refractivity contribution >= 4 is 16.0 Å². The third-order valence-corrected chi connectivity index (χ3v) is 5.10. The summed E-state index contributed by atoms with van der Waals surface area (Å²) < 4.78 is 36.6. The molecule has 0 spiro atoms. The first kappa shape index (κ1) is 15.7. The summed E-state index contributed by atoms with van der Waals surface area (Å²) in [6.45, 7) is 2.61. The number of hydrogen-bond donors (Lipinski definition) is 1. The monoisotopic (exact) mass is 315 g/mol. The lowest BCUT2D eigenvalue weighted by Gasteiger charge is -2.30. The van der Waals surface area contributed by atoms with Gasteiger partial charge in [-0.3, -0.25) is 0 Å². The van der Waals surface area contributed by atoms with Crippen molar-refractivity contribution in [2.24, 2.45) is 0 Å². The van der Waals surface area contributed by atoms with E-state index in [2.05, 4.69) is 0 Å². The van der Waals surface area contributed by atoms with Crippen LogP contribution in [0.2, 0.25) is 0 Å². The number of nitrogens with zero attached hydrogens (tertiary/aromatic N) is 1. The number of hydrogen-bond acceptors (Lipinski definition) is 5. The SMILES string of the molecule is COc1ccc(S(=O)(=O)N2CCOC(C)C2)cc1C(=O)O. The molecule has 1 fully saturated rings. The predicted molar refractivity (Wildman–Crippen MR) is 74.1 cm³/mol. The Bertz CT molecular complexity index is 642. The Morgan fingerprint density at radius 1 is 1.48 bits per heavy atom. The van der Waals surface area contributed by atoms with E-state index in [-0.39, 0.29) is 35.4 Å². The van der Waals surface area contributed by atoms with E-state index < -0.39 is 16.0 Å². The fourth-order valence-corrected chi connectivity index (χ4v) is 3.69. The fourth-order valence-electron chi connectivity index (χ4n) is 2.17. The van der Waals surface area contributed by atoms with Crippen LogP contribution < -0.4 is 4.74 Å². The van der Waals surface area contributed by atoms with Gasteiger partial charge in [0.15, 0.2) is 0 Å². The van der Waals surface area contributed by atoms with Crippen LogP contribution in [0.25, 0.3) is 0 Å². The van der Waals surface area contributed by atoms with Crippen LogP contribution in [0, 0.1) is 0 Å². The lowest BCUT2D eigenvalue weighted by Crippen LogP contribution is -2.44. The number of methoxy groups -OCH3 is 1. The van der Waals surface area contributed by atoms with E-state index in [9.17, 15) is 13.2 Å². The standard InChI is InChI=1S/C13H17NO6S/c1-9-8-14(5-6-20-9)21(17,18)10-3-4-12(19-2)11(7-10)13(15)16/h3-4,7,9H,5-6,8H2,1-2H3,(H,15,16). The topological polar surface area (TPSA) is 93.1 Å². The van der Waals surface area contributed by atoms with Crippen LogP contribution in [-0.2, 0) is 14.8 Å². The number of aromatic carboxylic acids is 1. The Morgan fingerprint density at radius 3 is 2.76 bits per heavy atom. The third kappa shape index (κ3) is 3.17. The molecule has 21 heavy (non-hydrogen) atoms. The molecular weight excluding hydrogens is 298 g/mol. The van der Waals surface area contributed by atoms with Crippen molar-refractivity contribution in [2.45, 2.75) is 17.9 Å². The Hall–Kier alpha value is -1.64. The summed E-state index contributed by atoms with van der Waals surface area (Å²) in [5, 5.41) is 9.13. The molecule has 0 aliphatic carbocycles. The summed E-state index contributed by atoms with van der Waals surface area (Å²) in [6.07, 6.45) is -0.189. The molecule has 8 heteroatoms. The second-order valence-electron chi connectivity index (χ2n) is 4.71. The molecule has 2 rings (SSSR count). The van der Waals surface area contributed by atoms with Gasteiger partial charge in [-0.05, 0) is 25.1 Å². The molecule has 1 unspecified atom stereocenters. The van der Waals surface area contributed by atoms with Gasteiger partial charge in [0.05, 0.1) is 24.7 Å². The molecule has 1 aliphatic heterocycles. The number of benzene rings is 1. The molecule has 7 nitrogen and oxygen atoms in total. The van der Waals surface area contributed by atoms with Crippen molar-refractivity contribution in [3.8, 4) is 5.75 Å². The van der Waals surface area contributed by atoms with Crippen LogP contribution >= 0.6 is 0 Å². The van der Waals surface area contributed by atoms with E-state index in [1.807, 2.05) is 0 Å². The van der Waals surface area contributed by atoms with Crippen molar-refractivity contribution in [1.82, 2.24) is 4.31 Å². The molecule has 1 aromatic rings. The minimum absolute atomic E-state index is 0.0604. The number of sulfonamides is 1. The second-order valence-corrected chi connectivity index (χ2v) is 6.65. The summed E-state index contributed by atoms with van der Waals surface area (Å²) in [7, 11) is -2.41. The molecule has 1 aromatic carbocycles. The minimum atomic E-state index is -3.74. The van der Waals surface area contributed by atoms with Gasteiger partial charge in [0.25, 0.3) is 0 Å². The number of carbonyl (C=O) groups is 1. The van der Waals surface area contributed by atoms with Gasteiger partial charge in [-0.15, -0.1) is 0 Å². The number of ether oxygens (including phenoxy) is 2. The minimum Gasteiger partial charge on any atom is -0.496 e. The van der Waals surface area contributed by atoms with Gasteiger partial charge in [0, 0.05) is 13.1 Å². The zero-order valence-electron chi connectivity index (χ0n) is 11.8. The molecule has 0 radical (unpaired) electrons. The molecule has 1 saturated heterocycles. The zero-order chi connectivity index (χ0) is 15.6. The van der Waals surface area contributed by atoms with E-state index in [1.54, 1.807) is 6.92 Å². The average Bonchev–Trinajstić information content (AvgIpc) is 2.46. The van der Waals surface area contributed by atoms with Gasteiger partial charge in [-0.1, -0.05) is 0 Å². The molecule has 1 atom stereocenters. The van der Waals surface area contributed by atoms with E-state index >= 15 is 0 Å². The maximum atomic E-state index is 12.5. The van der Waals surface area contributed by atoms with Gasteiger partial charge < -0.3 is 14.6 Å². The Labute approximate surface area is 123 Å². The number of rotatable bonds is 4. The molecule has 116 valence electrons. The maximum absolute atomic E-state index is 12.5. The van der Waals surface area contributed by atoms with Crippen LogP contribution in [0.15, 0.2) is 23.1 Å². The van der Waals surface area contributed by atoms with Crippen molar-refractivity contribution in [1.29, 1.82) is 0 Å². The van der Waals surface area contributed by atoms with Crippen molar-refractivity contribution in [3.05, 3.63) is 23.8 Å². The smallest absolute Gasteiger partial charge is 0.339 e. The highest BCUT2D eigenvalue weighted by Gasteiger charge is 2.30. The van der Waals surface area contributed by atoms with Crippen LogP contribution in [-0.4, -0.2) is 56.7 Å². The van der Waals surface area contributed by atoms with Gasteiger partial charge in [0.2, 0.25) is 10.0 Å². The van der Waals surface area contributed by atoms with Crippen molar-refractivity contribution in [2.75, 3.05) is 26.8 Å². The van der Waals surface area contributed by atoms with E-state index in [4.69, 9.17) is 14.6 Å². The second kappa shape index (κ2) is 6.00. The maximum Gasteiger partial charge on any atom is 0.339 e. The third-order valence-electron chi connectivity index (χ3n) is 3.24. The van der Waals surface area contributed by atoms with Gasteiger partial charge in [-0.2, -0.15) is 4.31 Å². The highest BCUT2D eigenvalue weighted by atomic mass is 32.2. The predicted octanol–water partition coefficient (Wildman–Crippen LogP) is 0.803. The number of morpholine rings is 1. The molecule has 0 saturated carbocycles.